The zero-order valence-electron chi connectivity index (χ0n) is 22.0. The molecule has 1 heterocycles. The van der Waals surface area contributed by atoms with E-state index in [9.17, 15) is 20.1 Å². The fourth-order valence-electron chi connectivity index (χ4n) is 9.69. The predicted octanol–water partition coefficient (Wildman–Crippen LogP) is 4.43. The van der Waals surface area contributed by atoms with Crippen LogP contribution in [0.5, 0.6) is 0 Å². The Hall–Kier alpha value is -0.690. The first-order valence-electron chi connectivity index (χ1n) is 14.5. The van der Waals surface area contributed by atoms with Crippen LogP contribution in [-0.2, 0) is 14.3 Å². The van der Waals surface area contributed by atoms with Crippen LogP contribution >= 0.6 is 0 Å². The number of carbonyl (C=O) groups is 1. The fraction of sp³-hybridized carbons (Fsp3) is 0.966. The molecular formula is C29H48O6. The Morgan fingerprint density at radius 1 is 1.03 bits per heavy atom. The largest absolute Gasteiger partial charge is 0.436 e. The van der Waals surface area contributed by atoms with Crippen LogP contribution in [0, 0.1) is 46.3 Å². The van der Waals surface area contributed by atoms with E-state index >= 15 is 0 Å². The molecule has 4 aliphatic carbocycles. The molecule has 1 saturated heterocycles. The van der Waals surface area contributed by atoms with Gasteiger partial charge in [0.15, 0.2) is 0 Å². The van der Waals surface area contributed by atoms with Gasteiger partial charge in [0.05, 0.1) is 24.9 Å². The Bertz CT molecular complexity index is 766. The van der Waals surface area contributed by atoms with E-state index in [1.54, 1.807) is 0 Å². The SMILES string of the molecule is CC(CCC(=O)OC1CCCCO1)C1CCC2C3C(O)CC4CC(O)CCC4(C)C3CC(O)C12C. The second-order valence-electron chi connectivity index (χ2n) is 13.3. The molecule has 0 spiro atoms. The van der Waals surface area contributed by atoms with Gasteiger partial charge in [-0.2, -0.15) is 0 Å². The third-order valence-corrected chi connectivity index (χ3v) is 11.7. The van der Waals surface area contributed by atoms with E-state index < -0.39 is 0 Å². The van der Waals surface area contributed by atoms with E-state index in [-0.39, 0.29) is 47.3 Å². The molecule has 0 aromatic rings. The number of hydrogen-bond acceptors (Lipinski definition) is 6. The van der Waals surface area contributed by atoms with Gasteiger partial charge in [0, 0.05) is 12.8 Å². The summed E-state index contributed by atoms with van der Waals surface area (Å²) in [4.78, 5) is 12.5. The molecule has 5 rings (SSSR count). The highest BCUT2D eigenvalue weighted by atomic mass is 16.7. The molecule has 5 fully saturated rings. The fourth-order valence-corrected chi connectivity index (χ4v) is 9.69. The maximum atomic E-state index is 12.5. The number of fused-ring (bicyclic) bond motifs is 5. The number of rotatable bonds is 5. The quantitative estimate of drug-likeness (QED) is 0.491. The summed E-state index contributed by atoms with van der Waals surface area (Å²) in [5.41, 5.74) is -0.130. The molecule has 12 atom stereocenters. The van der Waals surface area contributed by atoms with E-state index in [1.165, 1.54) is 0 Å². The lowest BCUT2D eigenvalue weighted by molar-refractivity contribution is -0.207. The van der Waals surface area contributed by atoms with Crippen molar-refractivity contribution < 1.29 is 29.6 Å². The van der Waals surface area contributed by atoms with Crippen molar-refractivity contribution in [1.29, 1.82) is 0 Å². The normalized spacial score (nSPS) is 50.5. The van der Waals surface area contributed by atoms with Crippen LogP contribution in [0.3, 0.4) is 0 Å². The average Bonchev–Trinajstić information content (AvgIpc) is 3.18. The summed E-state index contributed by atoms with van der Waals surface area (Å²) in [7, 11) is 0. The van der Waals surface area contributed by atoms with Gasteiger partial charge < -0.3 is 24.8 Å². The van der Waals surface area contributed by atoms with Crippen molar-refractivity contribution in [2.75, 3.05) is 6.61 Å². The summed E-state index contributed by atoms with van der Waals surface area (Å²) in [5, 5.41) is 33.4. The van der Waals surface area contributed by atoms with Gasteiger partial charge in [-0.3, -0.25) is 4.79 Å². The van der Waals surface area contributed by atoms with E-state index in [4.69, 9.17) is 9.47 Å². The number of esters is 1. The topological polar surface area (TPSA) is 96.2 Å². The molecule has 0 aromatic heterocycles. The van der Waals surface area contributed by atoms with Gasteiger partial charge in [0.1, 0.15) is 0 Å². The number of hydrogen-bond donors (Lipinski definition) is 3. The Morgan fingerprint density at radius 2 is 1.83 bits per heavy atom. The van der Waals surface area contributed by atoms with Crippen molar-refractivity contribution in [2.24, 2.45) is 46.3 Å². The first-order valence-corrected chi connectivity index (χ1v) is 14.5. The maximum Gasteiger partial charge on any atom is 0.308 e. The molecule has 0 amide bonds. The Balaban J connectivity index is 1.26. The molecule has 12 unspecified atom stereocenters. The van der Waals surface area contributed by atoms with Gasteiger partial charge in [-0.05, 0) is 111 Å². The van der Waals surface area contributed by atoms with Crippen molar-refractivity contribution in [3.8, 4) is 0 Å². The van der Waals surface area contributed by atoms with E-state index in [0.717, 1.165) is 70.6 Å². The molecular weight excluding hydrogens is 444 g/mol. The van der Waals surface area contributed by atoms with E-state index in [0.29, 0.717) is 42.6 Å². The van der Waals surface area contributed by atoms with Crippen LogP contribution in [0.2, 0.25) is 0 Å². The Labute approximate surface area is 211 Å². The summed E-state index contributed by atoms with van der Waals surface area (Å²) in [6.45, 7) is 7.55. The van der Waals surface area contributed by atoms with Gasteiger partial charge in [-0.25, -0.2) is 0 Å². The number of aliphatic hydroxyl groups excluding tert-OH is 3. The van der Waals surface area contributed by atoms with Gasteiger partial charge in [-0.1, -0.05) is 20.8 Å². The second kappa shape index (κ2) is 9.89. The first kappa shape index (κ1) is 25.9. The molecule has 6 nitrogen and oxygen atoms in total. The average molecular weight is 493 g/mol. The zero-order valence-corrected chi connectivity index (χ0v) is 22.0. The van der Waals surface area contributed by atoms with Crippen molar-refractivity contribution in [3.05, 3.63) is 0 Å². The Morgan fingerprint density at radius 3 is 2.57 bits per heavy atom. The van der Waals surface area contributed by atoms with E-state index in [1.807, 2.05) is 0 Å². The number of carbonyl (C=O) groups excluding carboxylic acids is 1. The van der Waals surface area contributed by atoms with Crippen molar-refractivity contribution >= 4 is 5.97 Å². The molecule has 35 heavy (non-hydrogen) atoms. The van der Waals surface area contributed by atoms with Gasteiger partial charge in [0.25, 0.3) is 0 Å². The third-order valence-electron chi connectivity index (χ3n) is 11.7. The highest BCUT2D eigenvalue weighted by Crippen LogP contribution is 2.68. The highest BCUT2D eigenvalue weighted by Gasteiger charge is 2.65. The Kier molecular flexibility index (Phi) is 7.33. The zero-order chi connectivity index (χ0) is 25.0. The van der Waals surface area contributed by atoms with Crippen LogP contribution in [0.1, 0.15) is 97.8 Å². The lowest BCUT2D eigenvalue weighted by Gasteiger charge is -2.63. The minimum atomic E-state index is -0.388. The molecule has 0 radical (unpaired) electrons. The monoisotopic (exact) mass is 492 g/mol. The predicted molar refractivity (Wildman–Crippen MR) is 132 cm³/mol. The first-order chi connectivity index (χ1) is 16.6. The van der Waals surface area contributed by atoms with Crippen LogP contribution in [0.4, 0.5) is 0 Å². The minimum Gasteiger partial charge on any atom is -0.436 e. The second-order valence-corrected chi connectivity index (χ2v) is 13.3. The lowest BCUT2D eigenvalue weighted by Crippen LogP contribution is -2.62. The minimum absolute atomic E-state index is 0.0973. The van der Waals surface area contributed by atoms with Crippen LogP contribution in [0.15, 0.2) is 0 Å². The van der Waals surface area contributed by atoms with Crippen LogP contribution in [-0.4, -0.2) is 52.5 Å². The molecule has 0 bridgehead atoms. The lowest BCUT2D eigenvalue weighted by atomic mass is 9.43. The van der Waals surface area contributed by atoms with Crippen molar-refractivity contribution in [3.63, 3.8) is 0 Å². The van der Waals surface area contributed by atoms with Crippen LogP contribution < -0.4 is 0 Å². The summed E-state index contributed by atoms with van der Waals surface area (Å²) in [6, 6.07) is 0. The summed E-state index contributed by atoms with van der Waals surface area (Å²) < 4.78 is 11.1. The molecule has 200 valence electrons. The van der Waals surface area contributed by atoms with E-state index in [2.05, 4.69) is 20.8 Å². The molecule has 0 aromatic carbocycles. The van der Waals surface area contributed by atoms with Crippen molar-refractivity contribution in [1.82, 2.24) is 0 Å². The molecule has 5 aliphatic rings. The summed E-state index contributed by atoms with van der Waals surface area (Å²) in [5.74, 6) is 1.67. The van der Waals surface area contributed by atoms with Gasteiger partial charge in [-0.15, -0.1) is 0 Å². The third kappa shape index (κ3) is 4.49. The van der Waals surface area contributed by atoms with Gasteiger partial charge >= 0.3 is 5.97 Å². The molecule has 1 aliphatic heterocycles. The van der Waals surface area contributed by atoms with Crippen LogP contribution in [0.25, 0.3) is 0 Å². The summed E-state index contributed by atoms with van der Waals surface area (Å²) >= 11 is 0. The number of aliphatic hydroxyl groups is 3. The van der Waals surface area contributed by atoms with Gasteiger partial charge in [0.2, 0.25) is 6.29 Å². The molecule has 6 heteroatoms. The molecule has 4 saturated carbocycles. The highest BCUT2D eigenvalue weighted by molar-refractivity contribution is 5.69. The number of ether oxygens (including phenoxy) is 2. The smallest absolute Gasteiger partial charge is 0.308 e. The van der Waals surface area contributed by atoms with Crippen molar-refractivity contribution in [2.45, 2.75) is 122 Å². The maximum absolute atomic E-state index is 12.5. The summed E-state index contributed by atoms with van der Waals surface area (Å²) in [6.07, 6.45) is 8.92. The molecule has 3 N–H and O–H groups in total. The standard InChI is InChI=1S/C29H48O6/c1-17(7-10-25(33)35-26-6-4-5-13-34-26)20-8-9-21-27-22(16-24(32)29(20,21)3)28(2)12-11-19(30)14-18(28)15-23(27)31/h17-24,26-27,30-32H,4-16H2,1-3H3.